The molecular weight excluding hydrogens is 179 g/mol. The minimum Gasteiger partial charge on any atom is -0.309 e. The molecule has 0 aliphatic rings. The Balaban J connectivity index is 2.82. The van der Waals surface area contributed by atoms with E-state index in [2.05, 4.69) is 16.2 Å². The molecule has 1 heterocycles. The van der Waals surface area contributed by atoms with Gasteiger partial charge in [-0.25, -0.2) is 4.39 Å². The van der Waals surface area contributed by atoms with Crippen LogP contribution in [-0.2, 0) is 0 Å². The van der Waals surface area contributed by atoms with E-state index in [0.717, 1.165) is 12.1 Å². The molecule has 0 fully saturated rings. The van der Waals surface area contributed by atoms with Gasteiger partial charge in [0.15, 0.2) is 0 Å². The van der Waals surface area contributed by atoms with Crippen molar-refractivity contribution in [1.82, 2.24) is 10.3 Å². The molecule has 1 unspecified atom stereocenters. The second-order valence-corrected chi connectivity index (χ2v) is 2.96. The van der Waals surface area contributed by atoms with Gasteiger partial charge in [-0.1, -0.05) is 6.92 Å². The van der Waals surface area contributed by atoms with Gasteiger partial charge in [0.05, 0.1) is 6.20 Å². The zero-order valence-electron chi connectivity index (χ0n) is 8.13. The van der Waals surface area contributed by atoms with Crippen molar-refractivity contribution in [2.24, 2.45) is 0 Å². The van der Waals surface area contributed by atoms with E-state index in [4.69, 9.17) is 6.42 Å². The SMILES string of the molecule is C#CCC(NCC)c1cncc(F)c1. The lowest BCUT2D eigenvalue weighted by Crippen LogP contribution is -2.20. The molecule has 0 saturated heterocycles. The maximum absolute atomic E-state index is 12.9. The van der Waals surface area contributed by atoms with Gasteiger partial charge in [-0.15, -0.1) is 12.3 Å². The zero-order valence-corrected chi connectivity index (χ0v) is 8.13. The maximum atomic E-state index is 12.9. The van der Waals surface area contributed by atoms with Gasteiger partial charge in [0.25, 0.3) is 0 Å². The molecule has 0 spiro atoms. The monoisotopic (exact) mass is 192 g/mol. The summed E-state index contributed by atoms with van der Waals surface area (Å²) >= 11 is 0. The number of nitrogens with one attached hydrogen (secondary N) is 1. The molecule has 0 saturated carbocycles. The molecule has 74 valence electrons. The van der Waals surface area contributed by atoms with Crippen LogP contribution in [0.5, 0.6) is 0 Å². The molecule has 1 N–H and O–H groups in total. The van der Waals surface area contributed by atoms with E-state index in [-0.39, 0.29) is 11.9 Å². The Hall–Kier alpha value is -1.40. The van der Waals surface area contributed by atoms with Crippen LogP contribution in [-0.4, -0.2) is 11.5 Å². The van der Waals surface area contributed by atoms with Crippen molar-refractivity contribution in [3.05, 3.63) is 29.8 Å². The van der Waals surface area contributed by atoms with E-state index in [1.54, 1.807) is 6.20 Å². The Labute approximate surface area is 83.6 Å². The van der Waals surface area contributed by atoms with Crippen LogP contribution < -0.4 is 5.32 Å². The summed E-state index contributed by atoms with van der Waals surface area (Å²) in [6.45, 7) is 2.78. The molecule has 14 heavy (non-hydrogen) atoms. The zero-order chi connectivity index (χ0) is 10.4. The fraction of sp³-hybridized carbons (Fsp3) is 0.364. The van der Waals surface area contributed by atoms with Crippen molar-refractivity contribution in [3.63, 3.8) is 0 Å². The summed E-state index contributed by atoms with van der Waals surface area (Å²) in [4.78, 5) is 3.79. The number of pyridine rings is 1. The summed E-state index contributed by atoms with van der Waals surface area (Å²) in [7, 11) is 0. The molecule has 0 aliphatic heterocycles. The van der Waals surface area contributed by atoms with E-state index in [9.17, 15) is 4.39 Å². The molecule has 0 bridgehead atoms. The van der Waals surface area contributed by atoms with Crippen molar-refractivity contribution in [1.29, 1.82) is 0 Å². The van der Waals surface area contributed by atoms with E-state index < -0.39 is 0 Å². The lowest BCUT2D eigenvalue weighted by Gasteiger charge is -2.14. The predicted molar refractivity (Wildman–Crippen MR) is 54.1 cm³/mol. The third-order valence-corrected chi connectivity index (χ3v) is 1.90. The van der Waals surface area contributed by atoms with E-state index in [1.807, 2.05) is 6.92 Å². The number of nitrogens with zero attached hydrogens (tertiary/aromatic N) is 1. The third-order valence-electron chi connectivity index (χ3n) is 1.90. The number of rotatable bonds is 4. The first kappa shape index (κ1) is 10.7. The second-order valence-electron chi connectivity index (χ2n) is 2.96. The highest BCUT2D eigenvalue weighted by Gasteiger charge is 2.09. The fourth-order valence-electron chi connectivity index (χ4n) is 1.29. The number of halogens is 1. The molecule has 2 nitrogen and oxygen atoms in total. The van der Waals surface area contributed by atoms with Crippen molar-refractivity contribution < 1.29 is 4.39 Å². The number of terminal acetylenes is 1. The summed E-state index contributed by atoms with van der Waals surface area (Å²) in [5.41, 5.74) is 0.796. The Morgan fingerprint density at radius 2 is 2.43 bits per heavy atom. The highest BCUT2D eigenvalue weighted by atomic mass is 19.1. The molecule has 0 aliphatic carbocycles. The van der Waals surface area contributed by atoms with Crippen molar-refractivity contribution in [3.8, 4) is 12.3 Å². The number of hydrogen-bond donors (Lipinski definition) is 1. The minimum absolute atomic E-state index is 0.00630. The lowest BCUT2D eigenvalue weighted by atomic mass is 10.1. The standard InChI is InChI=1S/C11H13FN2/c1-3-5-11(14-4-2)9-6-10(12)8-13-7-9/h1,6-8,11,14H,4-5H2,2H3. The van der Waals surface area contributed by atoms with E-state index in [1.165, 1.54) is 12.3 Å². The lowest BCUT2D eigenvalue weighted by molar-refractivity contribution is 0.552. The largest absolute Gasteiger partial charge is 0.309 e. The summed E-state index contributed by atoms with van der Waals surface area (Å²) in [6, 6.07) is 1.45. The van der Waals surface area contributed by atoms with Crippen LogP contribution in [0.1, 0.15) is 24.9 Å². The Bertz CT molecular complexity index is 330. The molecule has 3 heteroatoms. The van der Waals surface area contributed by atoms with Gasteiger partial charge in [0.2, 0.25) is 0 Å². The second kappa shape index (κ2) is 5.36. The summed E-state index contributed by atoms with van der Waals surface area (Å²) in [5, 5.41) is 3.18. The molecule has 1 atom stereocenters. The summed E-state index contributed by atoms with van der Waals surface area (Å²) < 4.78 is 12.9. The normalized spacial score (nSPS) is 12.1. The average Bonchev–Trinajstić information content (AvgIpc) is 2.17. The molecule has 1 rings (SSSR count). The van der Waals surface area contributed by atoms with Crippen molar-refractivity contribution in [2.75, 3.05) is 6.54 Å². The maximum Gasteiger partial charge on any atom is 0.141 e. The van der Waals surface area contributed by atoms with Crippen LogP contribution in [0.4, 0.5) is 4.39 Å². The number of aromatic nitrogens is 1. The Morgan fingerprint density at radius 1 is 1.64 bits per heavy atom. The van der Waals surface area contributed by atoms with E-state index >= 15 is 0 Å². The van der Waals surface area contributed by atoms with Crippen LogP contribution in [0.3, 0.4) is 0 Å². The van der Waals surface area contributed by atoms with Gasteiger partial charge in [0, 0.05) is 18.7 Å². The fourth-order valence-corrected chi connectivity index (χ4v) is 1.29. The van der Waals surface area contributed by atoms with Gasteiger partial charge < -0.3 is 5.32 Å². The Kier molecular flexibility index (Phi) is 4.09. The third kappa shape index (κ3) is 2.82. The summed E-state index contributed by atoms with van der Waals surface area (Å²) in [6.07, 6.45) is 8.59. The first-order chi connectivity index (χ1) is 6.77. The summed E-state index contributed by atoms with van der Waals surface area (Å²) in [5.74, 6) is 2.23. The van der Waals surface area contributed by atoms with Gasteiger partial charge in [-0.05, 0) is 18.2 Å². The average molecular weight is 192 g/mol. The molecule has 0 aromatic carbocycles. The van der Waals surface area contributed by atoms with Crippen molar-refractivity contribution >= 4 is 0 Å². The Morgan fingerprint density at radius 3 is 3.00 bits per heavy atom. The van der Waals surface area contributed by atoms with Gasteiger partial charge in [-0.3, -0.25) is 4.98 Å². The highest BCUT2D eigenvalue weighted by molar-refractivity contribution is 5.17. The highest BCUT2D eigenvalue weighted by Crippen LogP contribution is 2.15. The predicted octanol–water partition coefficient (Wildman–Crippen LogP) is 1.89. The van der Waals surface area contributed by atoms with Crippen LogP contribution >= 0.6 is 0 Å². The molecule has 0 amide bonds. The molecular formula is C11H13FN2. The van der Waals surface area contributed by atoms with E-state index in [0.29, 0.717) is 6.42 Å². The van der Waals surface area contributed by atoms with Crippen LogP contribution in [0, 0.1) is 18.2 Å². The molecule has 0 radical (unpaired) electrons. The smallest absolute Gasteiger partial charge is 0.141 e. The first-order valence-electron chi connectivity index (χ1n) is 4.55. The van der Waals surface area contributed by atoms with Crippen molar-refractivity contribution in [2.45, 2.75) is 19.4 Å². The first-order valence-corrected chi connectivity index (χ1v) is 4.55. The quantitative estimate of drug-likeness (QED) is 0.737. The van der Waals surface area contributed by atoms with Gasteiger partial charge in [0.1, 0.15) is 5.82 Å². The minimum atomic E-state index is -0.331. The van der Waals surface area contributed by atoms with Gasteiger partial charge >= 0.3 is 0 Å². The number of hydrogen-bond acceptors (Lipinski definition) is 2. The van der Waals surface area contributed by atoms with Crippen LogP contribution in [0.25, 0.3) is 0 Å². The molecule has 1 aromatic rings. The molecule has 1 aromatic heterocycles. The van der Waals surface area contributed by atoms with Gasteiger partial charge in [-0.2, -0.15) is 0 Å². The van der Waals surface area contributed by atoms with Crippen LogP contribution in [0.2, 0.25) is 0 Å². The van der Waals surface area contributed by atoms with Crippen LogP contribution in [0.15, 0.2) is 18.5 Å². The topological polar surface area (TPSA) is 24.9 Å².